The summed E-state index contributed by atoms with van der Waals surface area (Å²) in [5.41, 5.74) is 0. The maximum absolute atomic E-state index is 9.18. The van der Waals surface area contributed by atoms with Crippen LogP contribution >= 0.6 is 0 Å². The maximum Gasteiger partial charge on any atom is 0.0512 e. The molecule has 0 aliphatic rings. The Morgan fingerprint density at radius 2 is 1.00 bits per heavy atom. The minimum atomic E-state index is -0.107. The van der Waals surface area contributed by atoms with Crippen molar-refractivity contribution in [3.8, 4) is 0 Å². The Balaban J connectivity index is 3.05. The van der Waals surface area contributed by atoms with E-state index < -0.39 is 0 Å². The zero-order chi connectivity index (χ0) is 17.0. The zero-order valence-corrected chi connectivity index (χ0v) is 16.2. The van der Waals surface area contributed by atoms with E-state index in [4.69, 9.17) is 0 Å². The van der Waals surface area contributed by atoms with E-state index in [9.17, 15) is 5.11 Å². The number of unbranched alkanes of at least 4 members (excludes halogenated alkanes) is 14. The standard InChI is InChI=1S/C22H44O/c1-3-4-5-6-7-8-9-10-11-12-13-14-15-16-17-18-19-20-21-22(2)23/h10-11,22-23H,3-9,12-21H2,1-2H3. The van der Waals surface area contributed by atoms with Gasteiger partial charge in [-0.15, -0.1) is 0 Å². The third kappa shape index (κ3) is 21.7. The molecule has 0 aliphatic carbocycles. The number of rotatable bonds is 18. The monoisotopic (exact) mass is 324 g/mol. The molecule has 0 saturated carbocycles. The summed E-state index contributed by atoms with van der Waals surface area (Å²) in [6, 6.07) is 0. The highest BCUT2D eigenvalue weighted by atomic mass is 16.3. The molecule has 0 aromatic heterocycles. The van der Waals surface area contributed by atoms with Crippen LogP contribution in [0.4, 0.5) is 0 Å². The van der Waals surface area contributed by atoms with Gasteiger partial charge in [0.2, 0.25) is 0 Å². The fourth-order valence-electron chi connectivity index (χ4n) is 3.04. The first kappa shape index (κ1) is 22.7. The molecule has 0 radical (unpaired) electrons. The molecule has 0 saturated heterocycles. The lowest BCUT2D eigenvalue weighted by molar-refractivity contribution is 0.180. The van der Waals surface area contributed by atoms with Gasteiger partial charge in [0.05, 0.1) is 6.10 Å². The van der Waals surface area contributed by atoms with Crippen LogP contribution in [0.3, 0.4) is 0 Å². The van der Waals surface area contributed by atoms with Crippen LogP contribution in [0.5, 0.6) is 0 Å². The van der Waals surface area contributed by atoms with Gasteiger partial charge in [-0.1, -0.05) is 96.1 Å². The highest BCUT2D eigenvalue weighted by Gasteiger charge is 1.96. The van der Waals surface area contributed by atoms with Crippen LogP contribution in [-0.2, 0) is 0 Å². The summed E-state index contributed by atoms with van der Waals surface area (Å²) >= 11 is 0. The molecule has 1 heteroatoms. The van der Waals surface area contributed by atoms with Crippen LogP contribution < -0.4 is 0 Å². The molecular weight excluding hydrogens is 280 g/mol. The third-order valence-corrected chi connectivity index (χ3v) is 4.63. The highest BCUT2D eigenvalue weighted by molar-refractivity contribution is 4.81. The van der Waals surface area contributed by atoms with Crippen molar-refractivity contribution >= 4 is 0 Å². The first-order valence-electron chi connectivity index (χ1n) is 10.6. The maximum atomic E-state index is 9.18. The van der Waals surface area contributed by atoms with Gasteiger partial charge in [-0.25, -0.2) is 0 Å². The SMILES string of the molecule is CCCCCCCCC=CCCCCCCCCCCC(C)O. The van der Waals surface area contributed by atoms with Gasteiger partial charge in [0.15, 0.2) is 0 Å². The molecule has 0 heterocycles. The first-order valence-corrected chi connectivity index (χ1v) is 10.6. The number of hydrogen-bond donors (Lipinski definition) is 1. The first-order chi connectivity index (χ1) is 11.3. The molecule has 1 unspecified atom stereocenters. The van der Waals surface area contributed by atoms with E-state index in [1.165, 1.54) is 103 Å². The number of aliphatic hydroxyl groups is 1. The molecule has 0 spiro atoms. The third-order valence-electron chi connectivity index (χ3n) is 4.63. The molecule has 0 amide bonds. The molecular formula is C22H44O. The average Bonchev–Trinajstić information content (AvgIpc) is 2.53. The van der Waals surface area contributed by atoms with Gasteiger partial charge < -0.3 is 5.11 Å². The van der Waals surface area contributed by atoms with Gasteiger partial charge in [-0.2, -0.15) is 0 Å². The fraction of sp³-hybridized carbons (Fsp3) is 0.909. The van der Waals surface area contributed by atoms with Crippen molar-refractivity contribution in [2.75, 3.05) is 0 Å². The molecule has 138 valence electrons. The molecule has 1 atom stereocenters. The Labute approximate surface area is 147 Å². The molecule has 0 bridgehead atoms. The molecule has 0 rings (SSSR count). The van der Waals surface area contributed by atoms with Crippen molar-refractivity contribution in [3.63, 3.8) is 0 Å². The molecule has 0 aromatic carbocycles. The van der Waals surface area contributed by atoms with Gasteiger partial charge in [-0.05, 0) is 39.0 Å². The minimum Gasteiger partial charge on any atom is -0.393 e. The summed E-state index contributed by atoms with van der Waals surface area (Å²) in [6.45, 7) is 4.17. The van der Waals surface area contributed by atoms with Crippen molar-refractivity contribution in [1.82, 2.24) is 0 Å². The lowest BCUT2D eigenvalue weighted by atomic mass is 10.1. The van der Waals surface area contributed by atoms with E-state index in [0.717, 1.165) is 6.42 Å². The Bertz CT molecular complexity index is 232. The Hall–Kier alpha value is -0.300. The molecule has 0 fully saturated rings. The predicted octanol–water partition coefficient (Wildman–Crippen LogP) is 7.58. The Morgan fingerprint density at radius 1 is 0.609 bits per heavy atom. The van der Waals surface area contributed by atoms with E-state index >= 15 is 0 Å². The molecule has 0 aliphatic heterocycles. The van der Waals surface area contributed by atoms with E-state index in [-0.39, 0.29) is 6.10 Å². The number of hydrogen-bond acceptors (Lipinski definition) is 1. The summed E-state index contributed by atoms with van der Waals surface area (Å²) in [4.78, 5) is 0. The van der Waals surface area contributed by atoms with Crippen molar-refractivity contribution in [2.45, 2.75) is 129 Å². The topological polar surface area (TPSA) is 20.2 Å². The van der Waals surface area contributed by atoms with Crippen LogP contribution in [0.2, 0.25) is 0 Å². The van der Waals surface area contributed by atoms with Crippen molar-refractivity contribution in [1.29, 1.82) is 0 Å². The Kier molecular flexibility index (Phi) is 19.5. The average molecular weight is 325 g/mol. The predicted molar refractivity (Wildman–Crippen MR) is 105 cm³/mol. The molecule has 0 aromatic rings. The Morgan fingerprint density at radius 3 is 1.43 bits per heavy atom. The summed E-state index contributed by atoms with van der Waals surface area (Å²) in [6.07, 6.45) is 27.5. The lowest BCUT2D eigenvalue weighted by Gasteiger charge is -2.04. The van der Waals surface area contributed by atoms with Crippen LogP contribution in [0.25, 0.3) is 0 Å². The van der Waals surface area contributed by atoms with Crippen molar-refractivity contribution < 1.29 is 5.11 Å². The van der Waals surface area contributed by atoms with E-state index in [0.29, 0.717) is 0 Å². The van der Waals surface area contributed by atoms with Gasteiger partial charge >= 0.3 is 0 Å². The second-order valence-electron chi connectivity index (χ2n) is 7.28. The second kappa shape index (κ2) is 19.7. The van der Waals surface area contributed by atoms with Crippen LogP contribution in [0.1, 0.15) is 123 Å². The van der Waals surface area contributed by atoms with E-state index in [2.05, 4.69) is 19.1 Å². The minimum absolute atomic E-state index is 0.107. The van der Waals surface area contributed by atoms with Crippen molar-refractivity contribution in [3.05, 3.63) is 12.2 Å². The van der Waals surface area contributed by atoms with E-state index in [1.54, 1.807) is 0 Å². The van der Waals surface area contributed by atoms with Crippen LogP contribution in [-0.4, -0.2) is 11.2 Å². The number of aliphatic hydroxyl groups excluding tert-OH is 1. The molecule has 1 nitrogen and oxygen atoms in total. The van der Waals surface area contributed by atoms with Gasteiger partial charge in [0.1, 0.15) is 0 Å². The zero-order valence-electron chi connectivity index (χ0n) is 16.2. The number of allylic oxidation sites excluding steroid dienone is 2. The fourth-order valence-corrected chi connectivity index (χ4v) is 3.04. The second-order valence-corrected chi connectivity index (χ2v) is 7.28. The highest BCUT2D eigenvalue weighted by Crippen LogP contribution is 2.12. The van der Waals surface area contributed by atoms with Crippen molar-refractivity contribution in [2.24, 2.45) is 0 Å². The van der Waals surface area contributed by atoms with Gasteiger partial charge in [0, 0.05) is 0 Å². The summed E-state index contributed by atoms with van der Waals surface area (Å²) in [7, 11) is 0. The molecule has 23 heavy (non-hydrogen) atoms. The summed E-state index contributed by atoms with van der Waals surface area (Å²) in [5, 5.41) is 9.18. The summed E-state index contributed by atoms with van der Waals surface area (Å²) < 4.78 is 0. The van der Waals surface area contributed by atoms with E-state index in [1.807, 2.05) is 6.92 Å². The smallest absolute Gasteiger partial charge is 0.0512 e. The normalized spacial score (nSPS) is 13.0. The van der Waals surface area contributed by atoms with Crippen LogP contribution in [0, 0.1) is 0 Å². The quantitative estimate of drug-likeness (QED) is 0.203. The van der Waals surface area contributed by atoms with Gasteiger partial charge in [0.25, 0.3) is 0 Å². The molecule has 1 N–H and O–H groups in total. The largest absolute Gasteiger partial charge is 0.393 e. The lowest BCUT2D eigenvalue weighted by Crippen LogP contribution is -1.98. The van der Waals surface area contributed by atoms with Gasteiger partial charge in [-0.3, -0.25) is 0 Å². The van der Waals surface area contributed by atoms with Crippen LogP contribution in [0.15, 0.2) is 12.2 Å². The summed E-state index contributed by atoms with van der Waals surface area (Å²) in [5.74, 6) is 0.